The van der Waals surface area contributed by atoms with Crippen molar-refractivity contribution < 1.29 is 7.85 Å². The van der Waals surface area contributed by atoms with E-state index in [1.165, 1.54) is 31.2 Å². The second kappa shape index (κ2) is 21.0. The van der Waals surface area contributed by atoms with E-state index in [2.05, 4.69) is 168 Å². The maximum atomic E-state index is 12.5. The Labute approximate surface area is 449 Å². The van der Waals surface area contributed by atoms with Gasteiger partial charge in [-0.05, 0) is 160 Å². The molecule has 2 fully saturated rings. The molecule has 0 atom stereocenters. The molecule has 4 heteroatoms. The van der Waals surface area contributed by atoms with E-state index in [-0.39, 0.29) is 5.75 Å². The van der Waals surface area contributed by atoms with Crippen molar-refractivity contribution in [3.8, 4) is 89.7 Å². The Bertz CT molecular complexity index is 3920. The first kappa shape index (κ1) is 44.8. The van der Waals surface area contributed by atoms with E-state index in [1.54, 1.807) is 0 Å². The zero-order chi connectivity index (χ0) is 52.6. The van der Waals surface area contributed by atoms with Crippen molar-refractivity contribution in [1.82, 2.24) is 14.5 Å². The van der Waals surface area contributed by atoms with E-state index in [0.29, 0.717) is 43.0 Å². The molecule has 1 N–H and O–H groups in total. The molecule has 0 radical (unpaired) electrons. The summed E-state index contributed by atoms with van der Waals surface area (Å²) in [7, 11) is 0. The average Bonchev–Trinajstić information content (AvgIpc) is 4.24. The smallest absolute Gasteiger partial charge is 0.149 e. The predicted octanol–water partition coefficient (Wildman–Crippen LogP) is 19.0. The first-order valence-corrected chi connectivity index (χ1v) is 27.2. The van der Waals surface area contributed by atoms with Gasteiger partial charge in [0.2, 0.25) is 0 Å². The number of para-hydroxylation sites is 2. The summed E-state index contributed by atoms with van der Waals surface area (Å²) in [4.78, 5) is 10.7. The molecule has 2 aromatic heterocycles. The molecule has 13 rings (SSSR count). The summed E-state index contributed by atoms with van der Waals surface area (Å²) in [5, 5.41) is 12.5. The van der Waals surface area contributed by atoms with Crippen LogP contribution in [0, 0.1) is 5.92 Å². The van der Waals surface area contributed by atoms with Crippen LogP contribution in [0.2, 0.25) is 0 Å². The zero-order valence-electron chi connectivity index (χ0n) is 44.7. The number of phenolic OH excluding ortho intramolecular Hbond substituents is 1. The largest absolute Gasteiger partial charge is 0.507 e. The molecule has 0 amide bonds. The number of hydrogen-bond donors (Lipinski definition) is 1. The third-order valence-corrected chi connectivity index (χ3v) is 16.1. The summed E-state index contributed by atoms with van der Waals surface area (Å²) < 4.78 is 21.1. The lowest BCUT2D eigenvalue weighted by Crippen LogP contribution is -2.12. The number of nitrogens with zero attached hydrogens (tertiary/aromatic N) is 3. The van der Waals surface area contributed by atoms with Gasteiger partial charge in [-0.3, -0.25) is 9.55 Å². The summed E-state index contributed by atoms with van der Waals surface area (Å²) in [5.74, 6) is 0.152. The monoisotopic (exact) mass is 985 g/mol. The maximum absolute atomic E-state index is 12.5. The number of aromatic hydroxyl groups is 1. The van der Waals surface area contributed by atoms with E-state index in [9.17, 15) is 7.85 Å². The van der Waals surface area contributed by atoms with Gasteiger partial charge in [0, 0.05) is 31.2 Å². The van der Waals surface area contributed by atoms with Crippen molar-refractivity contribution in [2.75, 3.05) is 0 Å². The Hall–Kier alpha value is -8.60. The molecule has 0 bridgehead atoms. The van der Waals surface area contributed by atoms with Crippen LogP contribution in [0.3, 0.4) is 0 Å². The van der Waals surface area contributed by atoms with Crippen molar-refractivity contribution in [2.45, 2.75) is 69.6 Å². The van der Waals surface area contributed by atoms with Crippen LogP contribution in [-0.4, -0.2) is 19.6 Å². The number of hydrogen-bond acceptors (Lipinski definition) is 3. The van der Waals surface area contributed by atoms with E-state index in [1.807, 2.05) is 72.9 Å². The number of benzene rings is 9. The molecule has 0 unspecified atom stereocenters. The van der Waals surface area contributed by atoms with Crippen LogP contribution in [0.1, 0.15) is 82.6 Å². The van der Waals surface area contributed by atoms with Crippen molar-refractivity contribution >= 4 is 11.0 Å². The van der Waals surface area contributed by atoms with Crippen LogP contribution >= 0.6 is 0 Å². The van der Waals surface area contributed by atoms with E-state index in [4.69, 9.17) is 9.97 Å². The van der Waals surface area contributed by atoms with Crippen LogP contribution in [0.4, 0.5) is 0 Å². The molecule has 11 aromatic rings. The molecule has 0 spiro atoms. The topological polar surface area (TPSA) is 50.9 Å². The number of aromatic nitrogens is 3. The third-order valence-electron chi connectivity index (χ3n) is 16.1. The highest BCUT2D eigenvalue weighted by Gasteiger charge is 2.26. The molecular weight excluding hydrogens is 923 g/mol. The normalized spacial score (nSPS) is 18.1. The fourth-order valence-corrected chi connectivity index (χ4v) is 12.1. The number of pyridine rings is 1. The fraction of sp³-hybridized carbons (Fsp3) is 0.167. The molecule has 0 saturated heterocycles. The first-order chi connectivity index (χ1) is 38.3. The average molecular weight is 986 g/mol. The summed E-state index contributed by atoms with van der Waals surface area (Å²) in [6.07, 6.45) is 10.7. The molecule has 2 aliphatic carbocycles. The molecule has 4 nitrogen and oxygen atoms in total. The lowest BCUT2D eigenvalue weighted by atomic mass is 9.76. The fourth-order valence-electron chi connectivity index (χ4n) is 12.1. The number of rotatable bonds is 12. The van der Waals surface area contributed by atoms with Gasteiger partial charge in [0.15, 0.2) is 0 Å². The second-order valence-electron chi connectivity index (χ2n) is 20.8. The van der Waals surface area contributed by atoms with Crippen molar-refractivity contribution in [3.63, 3.8) is 0 Å². The van der Waals surface area contributed by atoms with Gasteiger partial charge in [-0.15, -0.1) is 0 Å². The van der Waals surface area contributed by atoms with Gasteiger partial charge in [0.25, 0.3) is 0 Å². The number of imidazole rings is 1. The Morgan fingerprint density at radius 1 is 0.434 bits per heavy atom. The van der Waals surface area contributed by atoms with E-state index >= 15 is 0 Å². The Kier molecular flexibility index (Phi) is 12.4. The van der Waals surface area contributed by atoms with Gasteiger partial charge >= 0.3 is 0 Å². The van der Waals surface area contributed by atoms with Gasteiger partial charge in [-0.25, -0.2) is 4.98 Å². The minimum atomic E-state index is -0.731. The Balaban J connectivity index is 0.930. The zero-order valence-corrected chi connectivity index (χ0v) is 42.7. The molecule has 370 valence electrons. The van der Waals surface area contributed by atoms with Gasteiger partial charge < -0.3 is 5.11 Å². The summed E-state index contributed by atoms with van der Waals surface area (Å²) in [6, 6.07) is 80.4. The standard InChI is InChI=1S/C72H61N3O/c76-71-64(57-23-9-3-10-24-57)28-15-29-65(71)72-74-70-63(27-16-30-69(70)75(72)68-40-31-50(43-49-17-13-14-18-49)44-66(68)58-25-11-4-12-26-58)61-45-60(52-21-7-2-8-22-52)46-62(47-61)67-48-59(41-42-73-67)56-38-36-55(37-39-56)54-34-32-53(33-35-54)51-19-5-1-6-20-51/h1-12,15-16,19-31,36-42,44-49,53-54,76H,13-14,17-18,32-35,43H2/i53D,54D. The minimum absolute atomic E-state index is 0.183. The highest BCUT2D eigenvalue weighted by Crippen LogP contribution is 2.45. The van der Waals surface area contributed by atoms with Crippen LogP contribution < -0.4 is 0 Å². The highest BCUT2D eigenvalue weighted by molar-refractivity contribution is 5.99. The van der Waals surface area contributed by atoms with E-state index in [0.717, 1.165) is 101 Å². The lowest BCUT2D eigenvalue weighted by molar-refractivity contribution is 0.396. The molecule has 2 saturated carbocycles. The van der Waals surface area contributed by atoms with Gasteiger partial charge in [-0.1, -0.05) is 202 Å². The molecule has 2 heterocycles. The summed E-state index contributed by atoms with van der Waals surface area (Å²) in [5.41, 5.74) is 18.8. The number of phenols is 1. The molecule has 0 aliphatic heterocycles. The first-order valence-electron chi connectivity index (χ1n) is 28.2. The SMILES string of the molecule is [2H]C1(c2ccccc2)CCC([2H])(c2ccc(-c3ccnc(-c4cc(-c5ccccc5)cc(-c5cccc6c5nc(-c5cccc(-c7ccccc7)c5O)n6-c5ccc(CC6CCCC6)cc5-c5ccccc5)c4)c3)cc2)CC1. The molecule has 2 aliphatic rings. The summed E-state index contributed by atoms with van der Waals surface area (Å²) >= 11 is 0. The summed E-state index contributed by atoms with van der Waals surface area (Å²) in [6.45, 7) is 0. The van der Waals surface area contributed by atoms with Crippen LogP contribution in [-0.2, 0) is 6.42 Å². The minimum Gasteiger partial charge on any atom is -0.507 e. The van der Waals surface area contributed by atoms with Crippen LogP contribution in [0.5, 0.6) is 5.75 Å². The van der Waals surface area contributed by atoms with E-state index < -0.39 is 11.8 Å². The van der Waals surface area contributed by atoms with Crippen LogP contribution in [0.15, 0.2) is 237 Å². The molecule has 9 aromatic carbocycles. The van der Waals surface area contributed by atoms with Crippen molar-refractivity contribution in [1.29, 1.82) is 0 Å². The highest BCUT2D eigenvalue weighted by atomic mass is 16.3. The lowest BCUT2D eigenvalue weighted by Gasteiger charge is -2.29. The third kappa shape index (κ3) is 9.45. The molecular formula is C72H61N3O. The van der Waals surface area contributed by atoms with Gasteiger partial charge in [0.05, 0.1) is 28.0 Å². The van der Waals surface area contributed by atoms with Crippen molar-refractivity contribution in [3.05, 3.63) is 253 Å². The van der Waals surface area contributed by atoms with Crippen molar-refractivity contribution in [2.24, 2.45) is 5.92 Å². The Morgan fingerprint density at radius 2 is 1.00 bits per heavy atom. The Morgan fingerprint density at radius 3 is 1.70 bits per heavy atom. The second-order valence-corrected chi connectivity index (χ2v) is 20.8. The van der Waals surface area contributed by atoms with Gasteiger partial charge in [0.1, 0.15) is 11.6 Å². The quantitative estimate of drug-likeness (QED) is 0.133. The van der Waals surface area contributed by atoms with Gasteiger partial charge in [-0.2, -0.15) is 0 Å². The number of fused-ring (bicyclic) bond motifs is 1. The van der Waals surface area contributed by atoms with Crippen LogP contribution in [0.25, 0.3) is 95.0 Å². The predicted molar refractivity (Wildman–Crippen MR) is 315 cm³/mol. The maximum Gasteiger partial charge on any atom is 0.149 e. The molecule has 76 heavy (non-hydrogen) atoms.